The molecule has 1 aromatic carbocycles. The fourth-order valence-corrected chi connectivity index (χ4v) is 6.33. The number of benzene rings is 1. The first-order valence-corrected chi connectivity index (χ1v) is 14.9. The van der Waals surface area contributed by atoms with Crippen LogP contribution in [0.15, 0.2) is 29.1 Å². The summed E-state index contributed by atoms with van der Waals surface area (Å²) in [6.45, 7) is 6.44. The number of pyridine rings is 2. The van der Waals surface area contributed by atoms with E-state index >= 15 is 4.39 Å². The van der Waals surface area contributed by atoms with E-state index in [1.807, 2.05) is 7.05 Å². The fourth-order valence-electron chi connectivity index (χ4n) is 6.33. The summed E-state index contributed by atoms with van der Waals surface area (Å²) >= 11 is 0. The van der Waals surface area contributed by atoms with Gasteiger partial charge in [0.2, 0.25) is 5.91 Å². The predicted molar refractivity (Wildman–Crippen MR) is 163 cm³/mol. The molecule has 2 saturated heterocycles. The number of fused-ring (bicyclic) bond motifs is 1. The summed E-state index contributed by atoms with van der Waals surface area (Å²) in [6, 6.07) is 4.80. The van der Waals surface area contributed by atoms with Crippen LogP contribution in [0.25, 0.3) is 10.9 Å². The topological polar surface area (TPSA) is 90.7 Å². The molecule has 4 heterocycles. The Kier molecular flexibility index (Phi) is 8.78. The number of anilines is 1. The van der Waals surface area contributed by atoms with Gasteiger partial charge in [-0.2, -0.15) is 0 Å². The highest BCUT2D eigenvalue weighted by molar-refractivity contribution is 5.95. The molecule has 0 radical (unpaired) electrons. The summed E-state index contributed by atoms with van der Waals surface area (Å²) < 4.78 is 43.5. The number of nitrogens with one attached hydrogen (secondary N) is 1. The average Bonchev–Trinajstić information content (AvgIpc) is 3.38. The molecule has 11 heteroatoms. The molecule has 0 bridgehead atoms. The van der Waals surface area contributed by atoms with Crippen molar-refractivity contribution in [3.05, 3.63) is 68.4 Å². The molecule has 3 aromatic rings. The predicted octanol–water partition coefficient (Wildman–Crippen LogP) is 4.77. The van der Waals surface area contributed by atoms with Crippen LogP contribution in [0.2, 0.25) is 0 Å². The van der Waals surface area contributed by atoms with Crippen LogP contribution in [0.1, 0.15) is 79.9 Å². The second kappa shape index (κ2) is 12.3. The summed E-state index contributed by atoms with van der Waals surface area (Å²) in [5, 5.41) is 15.4. The molecule has 2 aromatic heterocycles. The lowest BCUT2D eigenvalue weighted by molar-refractivity contribution is -0.133. The van der Waals surface area contributed by atoms with E-state index in [1.54, 1.807) is 31.9 Å². The van der Waals surface area contributed by atoms with Gasteiger partial charge >= 0.3 is 0 Å². The Morgan fingerprint density at radius 2 is 1.86 bits per heavy atom. The number of carbonyl (C=O) groups is 1. The molecule has 2 aliphatic heterocycles. The maximum Gasteiger partial charge on any atom is 0.266 e. The number of nitrogens with zero attached hydrogens (tertiary/aromatic N) is 4. The van der Waals surface area contributed by atoms with Crippen LogP contribution in [-0.4, -0.2) is 63.1 Å². The summed E-state index contributed by atoms with van der Waals surface area (Å²) in [5.41, 5.74) is -0.748. The van der Waals surface area contributed by atoms with E-state index in [1.165, 1.54) is 23.6 Å². The lowest BCUT2D eigenvalue weighted by atomic mass is 9.84. The number of alkyl halides is 2. The van der Waals surface area contributed by atoms with Gasteiger partial charge in [-0.25, -0.2) is 18.2 Å². The number of aromatic nitrogens is 2. The Balaban J connectivity index is 1.67. The molecule has 2 aliphatic rings. The number of likely N-dealkylation sites (tertiary alicyclic amines) is 2. The van der Waals surface area contributed by atoms with Crippen molar-refractivity contribution in [1.29, 1.82) is 0 Å². The fraction of sp³-hybridized carbons (Fsp3) is 0.485. The zero-order valence-corrected chi connectivity index (χ0v) is 25.7. The van der Waals surface area contributed by atoms with Crippen molar-refractivity contribution in [2.45, 2.75) is 70.6 Å². The van der Waals surface area contributed by atoms with Gasteiger partial charge in [-0.3, -0.25) is 14.5 Å². The second-order valence-corrected chi connectivity index (χ2v) is 12.0. The molecule has 5 rings (SSSR count). The number of rotatable bonds is 5. The van der Waals surface area contributed by atoms with Crippen LogP contribution in [0.4, 0.5) is 19.0 Å². The molecular formula is C33H38F3N5O3. The molecular weight excluding hydrogens is 571 g/mol. The van der Waals surface area contributed by atoms with Crippen LogP contribution < -0.4 is 10.9 Å². The Morgan fingerprint density at radius 3 is 2.48 bits per heavy atom. The molecule has 0 unspecified atom stereocenters. The van der Waals surface area contributed by atoms with Gasteiger partial charge < -0.3 is 19.9 Å². The summed E-state index contributed by atoms with van der Waals surface area (Å²) in [6.07, 6.45) is -0.635. The lowest BCUT2D eigenvalue weighted by Crippen LogP contribution is -2.47. The zero-order valence-electron chi connectivity index (χ0n) is 25.7. The summed E-state index contributed by atoms with van der Waals surface area (Å²) in [7, 11) is 3.64. The van der Waals surface area contributed by atoms with Gasteiger partial charge in [0.25, 0.3) is 12.0 Å². The minimum Gasteiger partial charge on any atom is -0.385 e. The summed E-state index contributed by atoms with van der Waals surface area (Å²) in [4.78, 5) is 34.4. The van der Waals surface area contributed by atoms with Crippen LogP contribution >= 0.6 is 0 Å². The van der Waals surface area contributed by atoms with Crippen molar-refractivity contribution in [3.8, 4) is 11.8 Å². The van der Waals surface area contributed by atoms with Gasteiger partial charge in [0.05, 0.1) is 40.0 Å². The normalized spacial score (nSPS) is 19.2. The van der Waals surface area contributed by atoms with Crippen molar-refractivity contribution in [2.24, 2.45) is 7.05 Å². The average molecular weight is 610 g/mol. The number of hydrogen-bond acceptors (Lipinski definition) is 6. The zero-order chi connectivity index (χ0) is 31.9. The second-order valence-electron chi connectivity index (χ2n) is 12.0. The molecule has 1 amide bonds. The van der Waals surface area contributed by atoms with Crippen molar-refractivity contribution >= 4 is 22.6 Å². The molecule has 2 fully saturated rings. The first kappa shape index (κ1) is 31.5. The van der Waals surface area contributed by atoms with E-state index in [-0.39, 0.29) is 35.9 Å². The lowest BCUT2D eigenvalue weighted by Gasteiger charge is -2.38. The van der Waals surface area contributed by atoms with E-state index in [0.29, 0.717) is 41.1 Å². The van der Waals surface area contributed by atoms with E-state index < -0.39 is 35.0 Å². The van der Waals surface area contributed by atoms with E-state index in [2.05, 4.69) is 22.1 Å². The first-order valence-electron chi connectivity index (χ1n) is 14.9. The standard InChI is InChI=1S/C33H38F3N5O3/c1-19(23-9-6-10-25(28(23)34)30(35)36)37-31-26-18-27(33(44)13-16-41(17-14-33)21(3)42)32(43)40(5)29(26)24(20(2)38-31)12-11-22-8-7-15-39(22)4/h6,9-10,18-19,22,30,44H,7-8,13-17H2,1-5H3,(H,37,38)/t19-,22+/m1/s1. The Bertz CT molecular complexity index is 1720. The van der Waals surface area contributed by atoms with Crippen LogP contribution in [0.5, 0.6) is 0 Å². The molecule has 0 saturated carbocycles. The number of piperidine rings is 1. The highest BCUT2D eigenvalue weighted by Crippen LogP contribution is 2.36. The quantitative estimate of drug-likeness (QED) is 0.406. The van der Waals surface area contributed by atoms with Gasteiger partial charge in [0.15, 0.2) is 0 Å². The maximum atomic E-state index is 15.1. The number of aliphatic hydroxyl groups is 1. The SMILES string of the molecule is CC(=O)N1CCC(O)(c2cc3c(N[C@H](C)c4cccc(C(F)F)c4F)nc(C)c(C#C[C@@H]4CCCN4C)c3n(C)c2=O)CC1. The number of aryl methyl sites for hydroxylation is 2. The third-order valence-corrected chi connectivity index (χ3v) is 9.08. The van der Waals surface area contributed by atoms with Crippen molar-refractivity contribution in [2.75, 3.05) is 32.0 Å². The Morgan fingerprint density at radius 1 is 1.18 bits per heavy atom. The molecule has 2 atom stereocenters. The van der Waals surface area contributed by atoms with Crippen molar-refractivity contribution in [1.82, 2.24) is 19.4 Å². The van der Waals surface area contributed by atoms with Crippen LogP contribution in [0.3, 0.4) is 0 Å². The maximum absolute atomic E-state index is 15.1. The van der Waals surface area contributed by atoms with Crippen molar-refractivity contribution in [3.63, 3.8) is 0 Å². The number of halogens is 3. The highest BCUT2D eigenvalue weighted by Gasteiger charge is 2.38. The minimum absolute atomic E-state index is 0.0452. The molecule has 234 valence electrons. The first-order chi connectivity index (χ1) is 20.8. The van der Waals surface area contributed by atoms with Crippen molar-refractivity contribution < 1.29 is 23.1 Å². The largest absolute Gasteiger partial charge is 0.385 e. The van der Waals surface area contributed by atoms with Crippen LogP contribution in [-0.2, 0) is 17.4 Å². The molecule has 44 heavy (non-hydrogen) atoms. The minimum atomic E-state index is -2.97. The molecule has 8 nitrogen and oxygen atoms in total. The molecule has 0 spiro atoms. The number of hydrogen-bond donors (Lipinski definition) is 2. The van der Waals surface area contributed by atoms with Gasteiger partial charge in [-0.1, -0.05) is 30.0 Å². The Hall–Kier alpha value is -3.88. The smallest absolute Gasteiger partial charge is 0.266 e. The monoisotopic (exact) mass is 609 g/mol. The third kappa shape index (κ3) is 5.81. The van der Waals surface area contributed by atoms with Crippen LogP contribution in [0, 0.1) is 24.6 Å². The van der Waals surface area contributed by atoms with E-state index in [9.17, 15) is 23.5 Å². The van der Waals surface area contributed by atoms with Gasteiger partial charge in [0.1, 0.15) is 11.6 Å². The van der Waals surface area contributed by atoms with Gasteiger partial charge in [-0.15, -0.1) is 0 Å². The third-order valence-electron chi connectivity index (χ3n) is 9.08. The summed E-state index contributed by atoms with van der Waals surface area (Å²) in [5.74, 6) is 5.81. The van der Waals surface area contributed by atoms with Gasteiger partial charge in [-0.05, 0) is 59.2 Å². The van der Waals surface area contributed by atoms with E-state index in [0.717, 1.165) is 25.5 Å². The van der Waals surface area contributed by atoms with Gasteiger partial charge in [0, 0.05) is 43.6 Å². The highest BCUT2D eigenvalue weighted by atomic mass is 19.3. The molecule has 2 N–H and O–H groups in total. The number of carbonyl (C=O) groups excluding carboxylic acids is 1. The molecule has 0 aliphatic carbocycles. The number of amides is 1. The van der Waals surface area contributed by atoms with E-state index in [4.69, 9.17) is 4.98 Å². The Labute approximate surface area is 254 Å².